The molecule has 2 aliphatic heterocycles. The molecule has 0 amide bonds. The van der Waals surface area contributed by atoms with Gasteiger partial charge in [-0.25, -0.2) is 8.78 Å². The van der Waals surface area contributed by atoms with Crippen molar-refractivity contribution < 1.29 is 8.78 Å². The number of piperidine rings is 1. The van der Waals surface area contributed by atoms with E-state index >= 15 is 0 Å². The molecule has 2 heterocycles. The predicted octanol–water partition coefficient (Wildman–Crippen LogP) is 3.31. The molecule has 1 aromatic rings. The lowest BCUT2D eigenvalue weighted by Crippen LogP contribution is -2.27. The van der Waals surface area contributed by atoms with Crippen molar-refractivity contribution in [2.24, 2.45) is 0 Å². The largest absolute Gasteiger partial charge is 0.365 e. The van der Waals surface area contributed by atoms with Gasteiger partial charge in [-0.05, 0) is 62.0 Å². The van der Waals surface area contributed by atoms with Crippen molar-refractivity contribution in [2.45, 2.75) is 38.0 Å². The Balaban J connectivity index is 1.83. The third-order valence-electron chi connectivity index (χ3n) is 4.43. The Morgan fingerprint density at radius 1 is 1.20 bits per heavy atom. The topological polar surface area (TPSA) is 15.3 Å². The van der Waals surface area contributed by atoms with Gasteiger partial charge in [0.25, 0.3) is 5.92 Å². The molecule has 2 nitrogen and oxygen atoms in total. The van der Waals surface area contributed by atoms with Crippen LogP contribution in [0.15, 0.2) is 18.2 Å². The van der Waals surface area contributed by atoms with Crippen molar-refractivity contribution in [3.05, 3.63) is 29.3 Å². The molecule has 0 radical (unpaired) electrons. The summed E-state index contributed by atoms with van der Waals surface area (Å²) in [5, 5.41) is 3.37. The van der Waals surface area contributed by atoms with Gasteiger partial charge in [-0.1, -0.05) is 6.07 Å². The van der Waals surface area contributed by atoms with Gasteiger partial charge in [0.1, 0.15) is 0 Å². The first-order valence-electron chi connectivity index (χ1n) is 7.49. The van der Waals surface area contributed by atoms with Crippen molar-refractivity contribution >= 4 is 5.69 Å². The summed E-state index contributed by atoms with van der Waals surface area (Å²) in [6.45, 7) is 4.48. The molecule has 0 spiro atoms. The summed E-state index contributed by atoms with van der Waals surface area (Å²) in [5.74, 6) is -1.96. The Hall–Kier alpha value is -1.16. The summed E-state index contributed by atoms with van der Waals surface area (Å²) in [6.07, 6.45) is 2.25. The number of aryl methyl sites for hydroxylation is 1. The predicted molar refractivity (Wildman–Crippen MR) is 77.8 cm³/mol. The minimum absolute atomic E-state index is 0.0242. The number of benzene rings is 1. The highest BCUT2D eigenvalue weighted by atomic mass is 19.3. The van der Waals surface area contributed by atoms with Crippen LogP contribution in [0.25, 0.3) is 0 Å². The van der Waals surface area contributed by atoms with E-state index < -0.39 is 5.92 Å². The number of halogens is 2. The van der Waals surface area contributed by atoms with Gasteiger partial charge in [0, 0.05) is 18.7 Å². The van der Waals surface area contributed by atoms with Gasteiger partial charge >= 0.3 is 0 Å². The second-order valence-electron chi connectivity index (χ2n) is 6.15. The Labute approximate surface area is 119 Å². The van der Waals surface area contributed by atoms with E-state index in [9.17, 15) is 8.78 Å². The summed E-state index contributed by atoms with van der Waals surface area (Å²) < 4.78 is 26.8. The normalized spacial score (nSPS) is 23.2. The van der Waals surface area contributed by atoms with Gasteiger partial charge in [0.2, 0.25) is 0 Å². The number of anilines is 1. The summed E-state index contributed by atoms with van der Waals surface area (Å²) in [6, 6.07) is 6.38. The van der Waals surface area contributed by atoms with E-state index in [0.717, 1.165) is 31.6 Å². The molecular formula is C16H22F2N2. The zero-order valence-electron chi connectivity index (χ0n) is 12.0. The second kappa shape index (κ2) is 5.32. The molecule has 1 aromatic carbocycles. The zero-order chi connectivity index (χ0) is 14.2. The lowest BCUT2D eigenvalue weighted by atomic mass is 9.89. The number of hydrogen-bond acceptors (Lipinski definition) is 2. The standard InChI is InChI=1S/C16H22F2N2/c1-12-8-14(13-2-5-19-6-3-13)10-15(9-12)20-7-4-16(17,18)11-20/h8-10,13,19H,2-7,11H2,1H3. The van der Waals surface area contributed by atoms with Gasteiger partial charge in [0.15, 0.2) is 0 Å². The van der Waals surface area contributed by atoms with Crippen LogP contribution in [0.3, 0.4) is 0 Å². The SMILES string of the molecule is Cc1cc(C2CCNCC2)cc(N2CCC(F)(F)C2)c1. The summed E-state index contributed by atoms with van der Waals surface area (Å²) in [4.78, 5) is 1.83. The Bertz CT molecular complexity index is 481. The highest BCUT2D eigenvalue weighted by Crippen LogP contribution is 2.34. The highest BCUT2D eigenvalue weighted by Gasteiger charge is 2.38. The van der Waals surface area contributed by atoms with E-state index in [2.05, 4.69) is 24.4 Å². The minimum Gasteiger partial charge on any atom is -0.365 e. The van der Waals surface area contributed by atoms with Crippen LogP contribution in [0.1, 0.15) is 36.3 Å². The summed E-state index contributed by atoms with van der Waals surface area (Å²) in [7, 11) is 0. The van der Waals surface area contributed by atoms with Crippen molar-refractivity contribution in [1.29, 1.82) is 0 Å². The molecule has 0 aliphatic carbocycles. The number of hydrogen-bond donors (Lipinski definition) is 1. The molecule has 3 rings (SSSR count). The van der Waals surface area contributed by atoms with E-state index in [4.69, 9.17) is 0 Å². The third-order valence-corrected chi connectivity index (χ3v) is 4.43. The molecule has 0 aromatic heterocycles. The maximum Gasteiger partial charge on any atom is 0.266 e. The molecule has 110 valence electrons. The number of alkyl halides is 2. The van der Waals surface area contributed by atoms with Crippen molar-refractivity contribution in [3.8, 4) is 0 Å². The lowest BCUT2D eigenvalue weighted by Gasteiger charge is -2.26. The number of nitrogens with one attached hydrogen (secondary N) is 1. The van der Waals surface area contributed by atoms with Crippen LogP contribution >= 0.6 is 0 Å². The Morgan fingerprint density at radius 3 is 2.60 bits per heavy atom. The Kier molecular flexibility index (Phi) is 3.67. The minimum atomic E-state index is -2.53. The zero-order valence-corrected chi connectivity index (χ0v) is 12.0. The first-order chi connectivity index (χ1) is 9.53. The fraction of sp³-hybridized carbons (Fsp3) is 0.625. The molecule has 0 bridgehead atoms. The van der Waals surface area contributed by atoms with Gasteiger partial charge < -0.3 is 10.2 Å². The van der Waals surface area contributed by atoms with Gasteiger partial charge in [-0.15, -0.1) is 0 Å². The van der Waals surface area contributed by atoms with Gasteiger partial charge in [-0.2, -0.15) is 0 Å². The first-order valence-corrected chi connectivity index (χ1v) is 7.49. The monoisotopic (exact) mass is 280 g/mol. The van der Waals surface area contributed by atoms with E-state index in [1.807, 2.05) is 11.0 Å². The van der Waals surface area contributed by atoms with Gasteiger partial charge in [0.05, 0.1) is 6.54 Å². The molecule has 2 aliphatic rings. The summed E-state index contributed by atoms with van der Waals surface area (Å²) in [5.41, 5.74) is 3.46. The molecule has 1 N–H and O–H groups in total. The Morgan fingerprint density at radius 2 is 1.95 bits per heavy atom. The molecule has 20 heavy (non-hydrogen) atoms. The maximum atomic E-state index is 13.4. The maximum absolute atomic E-state index is 13.4. The quantitative estimate of drug-likeness (QED) is 0.894. The first kappa shape index (κ1) is 13.8. The second-order valence-corrected chi connectivity index (χ2v) is 6.15. The van der Waals surface area contributed by atoms with E-state index in [1.54, 1.807) is 0 Å². The lowest BCUT2D eigenvalue weighted by molar-refractivity contribution is 0.0257. The smallest absolute Gasteiger partial charge is 0.266 e. The molecule has 0 unspecified atom stereocenters. The average Bonchev–Trinajstić information content (AvgIpc) is 2.79. The van der Waals surface area contributed by atoms with Crippen molar-refractivity contribution in [2.75, 3.05) is 31.1 Å². The molecule has 4 heteroatoms. The average molecular weight is 280 g/mol. The molecular weight excluding hydrogens is 258 g/mol. The third kappa shape index (κ3) is 2.95. The van der Waals surface area contributed by atoms with Crippen LogP contribution in [0.4, 0.5) is 14.5 Å². The number of rotatable bonds is 2. The molecule has 2 fully saturated rings. The summed E-state index contributed by atoms with van der Waals surface area (Å²) >= 11 is 0. The van der Waals surface area contributed by atoms with Crippen molar-refractivity contribution in [3.63, 3.8) is 0 Å². The van der Waals surface area contributed by atoms with E-state index in [-0.39, 0.29) is 13.0 Å². The fourth-order valence-corrected chi connectivity index (χ4v) is 3.32. The highest BCUT2D eigenvalue weighted by molar-refractivity contribution is 5.53. The van der Waals surface area contributed by atoms with E-state index in [1.165, 1.54) is 11.1 Å². The molecule has 0 saturated carbocycles. The van der Waals surface area contributed by atoms with E-state index in [0.29, 0.717) is 12.5 Å². The van der Waals surface area contributed by atoms with Crippen LogP contribution in [0, 0.1) is 6.92 Å². The molecule has 2 saturated heterocycles. The van der Waals surface area contributed by atoms with Crippen LogP contribution in [-0.4, -0.2) is 32.1 Å². The number of nitrogens with zero attached hydrogens (tertiary/aromatic N) is 1. The van der Waals surface area contributed by atoms with Crippen LogP contribution < -0.4 is 10.2 Å². The van der Waals surface area contributed by atoms with Crippen molar-refractivity contribution in [1.82, 2.24) is 5.32 Å². The van der Waals surface area contributed by atoms with Gasteiger partial charge in [-0.3, -0.25) is 0 Å². The van der Waals surface area contributed by atoms with Crippen LogP contribution in [-0.2, 0) is 0 Å². The van der Waals surface area contributed by atoms with Crippen LogP contribution in [0.2, 0.25) is 0 Å². The fourth-order valence-electron chi connectivity index (χ4n) is 3.32. The van der Waals surface area contributed by atoms with Crippen LogP contribution in [0.5, 0.6) is 0 Å². The molecule has 0 atom stereocenters.